The fraction of sp³-hybridized carbons (Fsp3) is 0. The number of benzene rings is 1. The molecule has 0 unspecified atom stereocenters. The first kappa shape index (κ1) is 10.8. The maximum Gasteiger partial charge on any atom is 2.00 e. The van der Waals surface area contributed by atoms with Gasteiger partial charge in [0.05, 0.1) is 0 Å². The molecule has 0 aliphatic rings. The van der Waals surface area contributed by atoms with Crippen molar-refractivity contribution in [1.82, 2.24) is 0 Å². The van der Waals surface area contributed by atoms with Crippen molar-refractivity contribution in [1.29, 1.82) is 0 Å². The SMILES string of the molecule is [CH3-].[Pt+2].[c-]1ccccc1. The molecule has 8 heavy (non-hydrogen) atoms. The van der Waals surface area contributed by atoms with Gasteiger partial charge >= 0.3 is 21.1 Å². The number of hydrogen-bond acceptors (Lipinski definition) is 0. The summed E-state index contributed by atoms with van der Waals surface area (Å²) in [5.74, 6) is 0. The van der Waals surface area contributed by atoms with Gasteiger partial charge in [-0.3, -0.25) is 0 Å². The summed E-state index contributed by atoms with van der Waals surface area (Å²) in [6.45, 7) is 0. The van der Waals surface area contributed by atoms with E-state index in [4.69, 9.17) is 0 Å². The summed E-state index contributed by atoms with van der Waals surface area (Å²) >= 11 is 0. The molecule has 1 aromatic carbocycles. The van der Waals surface area contributed by atoms with Gasteiger partial charge in [-0.2, -0.15) is 36.4 Å². The molecule has 0 saturated heterocycles. The van der Waals surface area contributed by atoms with Gasteiger partial charge in [0.1, 0.15) is 0 Å². The minimum Gasteiger partial charge on any atom is -0.358 e. The Morgan fingerprint density at radius 2 is 1.38 bits per heavy atom. The third-order valence-corrected chi connectivity index (χ3v) is 0.607. The van der Waals surface area contributed by atoms with Crippen LogP contribution in [0.3, 0.4) is 0 Å². The summed E-state index contributed by atoms with van der Waals surface area (Å²) in [6, 6.07) is 12.5. The predicted molar refractivity (Wildman–Crippen MR) is 31.7 cm³/mol. The Hall–Kier alpha value is -0.0917. The van der Waals surface area contributed by atoms with E-state index in [9.17, 15) is 0 Å². The summed E-state index contributed by atoms with van der Waals surface area (Å²) in [7, 11) is 0. The van der Waals surface area contributed by atoms with E-state index in [1.54, 1.807) is 0 Å². The van der Waals surface area contributed by atoms with Crippen LogP contribution in [0.1, 0.15) is 0 Å². The zero-order chi connectivity index (χ0) is 4.24. The van der Waals surface area contributed by atoms with Crippen LogP contribution in [0.2, 0.25) is 0 Å². The molecule has 0 N–H and O–H groups in total. The summed E-state index contributed by atoms with van der Waals surface area (Å²) in [5, 5.41) is 0. The van der Waals surface area contributed by atoms with E-state index >= 15 is 0 Å². The molecule has 0 atom stereocenters. The third-order valence-electron chi connectivity index (χ3n) is 0.607. The fourth-order valence-corrected chi connectivity index (χ4v) is 0.342. The summed E-state index contributed by atoms with van der Waals surface area (Å²) in [6.07, 6.45) is 0. The first-order chi connectivity index (χ1) is 3.00. The van der Waals surface area contributed by atoms with Crippen molar-refractivity contribution in [3.05, 3.63) is 43.8 Å². The molecule has 46 valence electrons. The smallest absolute Gasteiger partial charge is 0.358 e. The molecule has 0 spiro atoms. The molecule has 0 aromatic heterocycles. The van der Waals surface area contributed by atoms with E-state index in [-0.39, 0.29) is 28.5 Å². The van der Waals surface area contributed by atoms with Crippen LogP contribution in [0, 0.1) is 13.5 Å². The van der Waals surface area contributed by atoms with Crippen LogP contribution in [-0.4, -0.2) is 0 Å². The van der Waals surface area contributed by atoms with Crippen LogP contribution in [-0.2, 0) is 21.1 Å². The second-order valence-corrected chi connectivity index (χ2v) is 1.08. The second kappa shape index (κ2) is 6.91. The van der Waals surface area contributed by atoms with Crippen molar-refractivity contribution in [3.8, 4) is 0 Å². The molecule has 0 bridgehead atoms. The Labute approximate surface area is 65.2 Å². The normalized spacial score (nSPS) is 6.00. The van der Waals surface area contributed by atoms with Crippen molar-refractivity contribution in [3.63, 3.8) is 0 Å². The van der Waals surface area contributed by atoms with Gasteiger partial charge in [0.2, 0.25) is 0 Å². The van der Waals surface area contributed by atoms with Crippen LogP contribution in [0.4, 0.5) is 0 Å². The Kier molecular flexibility index (Phi) is 9.34. The molecule has 0 aliphatic heterocycles. The zero-order valence-corrected chi connectivity index (χ0v) is 6.98. The van der Waals surface area contributed by atoms with E-state index < -0.39 is 0 Å². The van der Waals surface area contributed by atoms with Gasteiger partial charge in [0.15, 0.2) is 0 Å². The first-order valence-electron chi connectivity index (χ1n) is 1.91. The van der Waals surface area contributed by atoms with Crippen LogP contribution < -0.4 is 0 Å². The van der Waals surface area contributed by atoms with Gasteiger partial charge < -0.3 is 7.43 Å². The van der Waals surface area contributed by atoms with E-state index in [1.165, 1.54) is 0 Å². The molecule has 1 heteroatoms. The van der Waals surface area contributed by atoms with Crippen molar-refractivity contribution < 1.29 is 21.1 Å². The molecule has 1 aromatic rings. The van der Waals surface area contributed by atoms with Crippen LogP contribution in [0.15, 0.2) is 30.3 Å². The first-order valence-corrected chi connectivity index (χ1v) is 1.91. The molecule has 0 heterocycles. The van der Waals surface area contributed by atoms with Gasteiger partial charge in [-0.15, -0.1) is 0 Å². The quantitative estimate of drug-likeness (QED) is 0.640. The fourth-order valence-electron chi connectivity index (χ4n) is 0.342. The van der Waals surface area contributed by atoms with Gasteiger partial charge in [-0.25, -0.2) is 0 Å². The van der Waals surface area contributed by atoms with E-state index in [0.29, 0.717) is 0 Å². The van der Waals surface area contributed by atoms with Crippen molar-refractivity contribution in [2.45, 2.75) is 0 Å². The van der Waals surface area contributed by atoms with Gasteiger partial charge in [-0.1, -0.05) is 0 Å². The number of hydrogen-bond donors (Lipinski definition) is 0. The van der Waals surface area contributed by atoms with Gasteiger partial charge in [0, 0.05) is 0 Å². The maximum absolute atomic E-state index is 2.89. The summed E-state index contributed by atoms with van der Waals surface area (Å²) in [5.41, 5.74) is 0. The Morgan fingerprint density at radius 1 is 0.875 bits per heavy atom. The number of rotatable bonds is 0. The molecular weight excluding hydrogens is 279 g/mol. The minimum absolute atomic E-state index is 0. The van der Waals surface area contributed by atoms with Crippen LogP contribution in [0.25, 0.3) is 0 Å². The van der Waals surface area contributed by atoms with Gasteiger partial charge in [0.25, 0.3) is 0 Å². The van der Waals surface area contributed by atoms with E-state index in [2.05, 4.69) is 6.07 Å². The Bertz CT molecular complexity index is 76.3. The van der Waals surface area contributed by atoms with Crippen molar-refractivity contribution >= 4 is 0 Å². The topological polar surface area (TPSA) is 0 Å². The predicted octanol–water partition coefficient (Wildman–Crippen LogP) is 1.93. The molecule has 1 rings (SSSR count). The molecule has 0 aliphatic carbocycles. The third kappa shape index (κ3) is 4.08. The molecule has 0 saturated carbocycles. The molecule has 0 fully saturated rings. The maximum atomic E-state index is 2.89. The van der Waals surface area contributed by atoms with E-state index in [1.807, 2.05) is 30.3 Å². The van der Waals surface area contributed by atoms with Gasteiger partial charge in [-0.05, 0) is 0 Å². The van der Waals surface area contributed by atoms with Crippen LogP contribution in [0.5, 0.6) is 0 Å². The van der Waals surface area contributed by atoms with Crippen LogP contribution >= 0.6 is 0 Å². The molecular formula is C7H8Pt. The summed E-state index contributed by atoms with van der Waals surface area (Å²) < 4.78 is 0. The Balaban J connectivity index is 0. The monoisotopic (exact) mass is 287 g/mol. The Morgan fingerprint density at radius 3 is 1.50 bits per heavy atom. The zero-order valence-electron chi connectivity index (χ0n) is 4.70. The molecule has 0 nitrogen and oxygen atoms in total. The molecule has 0 amide bonds. The standard InChI is InChI=1S/C6H5.CH3.Pt/c1-2-4-6-5-3-1;;/h1-5H;1H3;/q2*-1;+2. The largest absolute Gasteiger partial charge is 2.00 e. The molecule has 0 radical (unpaired) electrons. The van der Waals surface area contributed by atoms with Crippen molar-refractivity contribution in [2.75, 3.05) is 0 Å². The van der Waals surface area contributed by atoms with E-state index in [0.717, 1.165) is 0 Å². The summed E-state index contributed by atoms with van der Waals surface area (Å²) in [4.78, 5) is 0. The average Bonchev–Trinajstić information content (AvgIpc) is 1.72. The average molecular weight is 287 g/mol. The van der Waals surface area contributed by atoms with Crippen molar-refractivity contribution in [2.24, 2.45) is 0 Å². The second-order valence-electron chi connectivity index (χ2n) is 1.08. The minimum atomic E-state index is 0.